The molecule has 1 aliphatic rings. The zero-order valence-corrected chi connectivity index (χ0v) is 12.2. The van der Waals surface area contributed by atoms with Gasteiger partial charge in [-0.3, -0.25) is 4.79 Å². The normalized spacial score (nSPS) is 15.2. The Bertz CT molecular complexity index is 626. The Kier molecular flexibility index (Phi) is 4.56. The molecule has 0 spiro atoms. The largest absolute Gasteiger partial charge is 0.465 e. The summed E-state index contributed by atoms with van der Waals surface area (Å²) in [6.07, 6.45) is 4.66. The van der Waals surface area contributed by atoms with Gasteiger partial charge in [-0.15, -0.1) is 0 Å². The Morgan fingerprint density at radius 2 is 1.91 bits per heavy atom. The second-order valence-electron chi connectivity index (χ2n) is 4.98. The molecule has 0 aliphatic carbocycles. The van der Waals surface area contributed by atoms with Gasteiger partial charge in [-0.2, -0.15) is 0 Å². The van der Waals surface area contributed by atoms with Crippen LogP contribution < -0.4 is 10.2 Å². The van der Waals surface area contributed by atoms with Crippen LogP contribution >= 0.6 is 0 Å². The van der Waals surface area contributed by atoms with Crippen LogP contribution in [0.15, 0.2) is 53.2 Å². The van der Waals surface area contributed by atoms with Gasteiger partial charge in [0.25, 0.3) is 0 Å². The van der Waals surface area contributed by atoms with E-state index >= 15 is 0 Å². The number of rotatable bonds is 4. The number of benzene rings is 1. The lowest BCUT2D eigenvalue weighted by Crippen LogP contribution is -2.36. The van der Waals surface area contributed by atoms with Crippen molar-refractivity contribution in [1.29, 1.82) is 0 Å². The van der Waals surface area contributed by atoms with Gasteiger partial charge in [0.2, 0.25) is 5.91 Å². The molecule has 0 unspecified atom stereocenters. The number of amides is 1. The molecule has 0 atom stereocenters. The predicted octanol–water partition coefficient (Wildman–Crippen LogP) is 2.77. The van der Waals surface area contributed by atoms with Gasteiger partial charge in [0.1, 0.15) is 5.76 Å². The SMILES string of the molecule is O=C(/C=C/c1ccco1)Nc1ccc(N2CCOCC2)cc1. The van der Waals surface area contributed by atoms with Gasteiger partial charge in [-0.25, -0.2) is 0 Å². The average Bonchev–Trinajstić information content (AvgIpc) is 3.08. The van der Waals surface area contributed by atoms with Gasteiger partial charge in [0.15, 0.2) is 0 Å². The topological polar surface area (TPSA) is 54.7 Å². The highest BCUT2D eigenvalue weighted by Crippen LogP contribution is 2.19. The molecule has 1 aromatic carbocycles. The number of carbonyl (C=O) groups excluding carboxylic acids is 1. The van der Waals surface area contributed by atoms with E-state index in [0.717, 1.165) is 37.7 Å². The monoisotopic (exact) mass is 298 g/mol. The number of carbonyl (C=O) groups is 1. The second-order valence-corrected chi connectivity index (χ2v) is 4.98. The molecule has 1 fully saturated rings. The maximum atomic E-state index is 11.8. The first-order chi connectivity index (χ1) is 10.8. The molecular formula is C17H18N2O3. The molecule has 5 nitrogen and oxygen atoms in total. The summed E-state index contributed by atoms with van der Waals surface area (Å²) in [4.78, 5) is 14.1. The molecule has 1 amide bonds. The van der Waals surface area contributed by atoms with Crippen LogP contribution in [0.5, 0.6) is 0 Å². The van der Waals surface area contributed by atoms with Crippen molar-refractivity contribution in [3.05, 3.63) is 54.5 Å². The minimum absolute atomic E-state index is 0.185. The molecule has 0 bridgehead atoms. The third-order valence-electron chi connectivity index (χ3n) is 3.45. The lowest BCUT2D eigenvalue weighted by Gasteiger charge is -2.28. The number of nitrogens with one attached hydrogen (secondary N) is 1. The van der Waals surface area contributed by atoms with Crippen LogP contribution in [0.25, 0.3) is 6.08 Å². The highest BCUT2D eigenvalue weighted by atomic mass is 16.5. The van der Waals surface area contributed by atoms with Crippen molar-refractivity contribution >= 4 is 23.4 Å². The molecule has 0 saturated carbocycles. The maximum Gasteiger partial charge on any atom is 0.248 e. The lowest BCUT2D eigenvalue weighted by molar-refractivity contribution is -0.111. The van der Waals surface area contributed by atoms with E-state index in [1.807, 2.05) is 24.3 Å². The number of hydrogen-bond acceptors (Lipinski definition) is 4. The van der Waals surface area contributed by atoms with E-state index < -0.39 is 0 Å². The third-order valence-corrected chi connectivity index (χ3v) is 3.45. The van der Waals surface area contributed by atoms with Crippen LogP contribution in [0.4, 0.5) is 11.4 Å². The van der Waals surface area contributed by atoms with E-state index in [0.29, 0.717) is 5.76 Å². The minimum atomic E-state index is -0.185. The summed E-state index contributed by atoms with van der Waals surface area (Å²) in [5.74, 6) is 0.466. The van der Waals surface area contributed by atoms with E-state index in [-0.39, 0.29) is 5.91 Å². The molecule has 3 rings (SSSR count). The summed E-state index contributed by atoms with van der Waals surface area (Å²) < 4.78 is 10.5. The summed E-state index contributed by atoms with van der Waals surface area (Å²) in [5, 5.41) is 2.82. The third kappa shape index (κ3) is 3.77. The number of nitrogens with zero attached hydrogens (tertiary/aromatic N) is 1. The smallest absolute Gasteiger partial charge is 0.248 e. The maximum absolute atomic E-state index is 11.8. The molecular weight excluding hydrogens is 280 g/mol. The number of furan rings is 1. The molecule has 1 aromatic heterocycles. The molecule has 22 heavy (non-hydrogen) atoms. The van der Waals surface area contributed by atoms with Gasteiger partial charge < -0.3 is 19.4 Å². The first-order valence-electron chi connectivity index (χ1n) is 7.26. The Labute approximate surface area is 129 Å². The number of hydrogen-bond donors (Lipinski definition) is 1. The molecule has 2 aromatic rings. The zero-order valence-electron chi connectivity index (χ0n) is 12.2. The van der Waals surface area contributed by atoms with Gasteiger partial charge in [0.05, 0.1) is 19.5 Å². The fraction of sp³-hybridized carbons (Fsp3) is 0.235. The lowest BCUT2D eigenvalue weighted by atomic mass is 10.2. The fourth-order valence-corrected chi connectivity index (χ4v) is 2.30. The van der Waals surface area contributed by atoms with Crippen molar-refractivity contribution in [3.63, 3.8) is 0 Å². The van der Waals surface area contributed by atoms with Gasteiger partial charge in [-0.05, 0) is 42.5 Å². The molecule has 2 heterocycles. The van der Waals surface area contributed by atoms with Gasteiger partial charge in [-0.1, -0.05) is 0 Å². The first kappa shape index (κ1) is 14.4. The number of ether oxygens (including phenoxy) is 1. The Morgan fingerprint density at radius 1 is 1.14 bits per heavy atom. The summed E-state index contributed by atoms with van der Waals surface area (Å²) in [6.45, 7) is 3.32. The van der Waals surface area contributed by atoms with Crippen LogP contribution in [-0.2, 0) is 9.53 Å². The van der Waals surface area contributed by atoms with E-state index in [1.54, 1.807) is 24.5 Å². The summed E-state index contributed by atoms with van der Waals surface area (Å²) in [7, 11) is 0. The number of morpholine rings is 1. The summed E-state index contributed by atoms with van der Waals surface area (Å²) in [5.41, 5.74) is 1.92. The van der Waals surface area contributed by atoms with Crippen molar-refractivity contribution in [2.24, 2.45) is 0 Å². The molecule has 0 radical (unpaired) electrons. The first-order valence-corrected chi connectivity index (χ1v) is 7.26. The molecule has 114 valence electrons. The van der Waals surface area contributed by atoms with Crippen LogP contribution in [0.3, 0.4) is 0 Å². The number of anilines is 2. The summed E-state index contributed by atoms with van der Waals surface area (Å²) >= 11 is 0. The Morgan fingerprint density at radius 3 is 2.59 bits per heavy atom. The van der Waals surface area contributed by atoms with E-state index in [1.165, 1.54) is 6.08 Å². The second kappa shape index (κ2) is 6.95. The van der Waals surface area contributed by atoms with Crippen molar-refractivity contribution in [2.45, 2.75) is 0 Å². The highest BCUT2D eigenvalue weighted by molar-refractivity contribution is 6.01. The minimum Gasteiger partial charge on any atom is -0.465 e. The van der Waals surface area contributed by atoms with E-state index in [4.69, 9.17) is 9.15 Å². The Hall–Kier alpha value is -2.53. The Balaban J connectivity index is 1.57. The fourth-order valence-electron chi connectivity index (χ4n) is 2.30. The van der Waals surface area contributed by atoms with Crippen molar-refractivity contribution in [2.75, 3.05) is 36.5 Å². The average molecular weight is 298 g/mol. The van der Waals surface area contributed by atoms with Crippen molar-refractivity contribution < 1.29 is 13.9 Å². The zero-order chi connectivity index (χ0) is 15.2. The quantitative estimate of drug-likeness (QED) is 0.882. The van der Waals surface area contributed by atoms with Crippen molar-refractivity contribution in [3.8, 4) is 0 Å². The van der Waals surface area contributed by atoms with Gasteiger partial charge in [0, 0.05) is 30.5 Å². The van der Waals surface area contributed by atoms with Crippen LogP contribution in [-0.4, -0.2) is 32.2 Å². The van der Waals surface area contributed by atoms with Crippen LogP contribution in [0.2, 0.25) is 0 Å². The highest BCUT2D eigenvalue weighted by Gasteiger charge is 2.10. The predicted molar refractivity (Wildman–Crippen MR) is 85.8 cm³/mol. The van der Waals surface area contributed by atoms with Crippen LogP contribution in [0, 0.1) is 0 Å². The molecule has 5 heteroatoms. The van der Waals surface area contributed by atoms with E-state index in [9.17, 15) is 4.79 Å². The van der Waals surface area contributed by atoms with Crippen molar-refractivity contribution in [1.82, 2.24) is 0 Å². The molecule has 1 aliphatic heterocycles. The van der Waals surface area contributed by atoms with E-state index in [2.05, 4.69) is 10.2 Å². The standard InChI is InChI=1S/C17H18N2O3/c20-17(8-7-16-2-1-11-22-16)18-14-3-5-15(6-4-14)19-9-12-21-13-10-19/h1-8,11H,9-10,12-13H2,(H,18,20)/b8-7+. The molecule has 1 N–H and O–H groups in total. The molecule has 1 saturated heterocycles. The van der Waals surface area contributed by atoms with Crippen LogP contribution in [0.1, 0.15) is 5.76 Å². The van der Waals surface area contributed by atoms with Gasteiger partial charge >= 0.3 is 0 Å². The summed E-state index contributed by atoms with van der Waals surface area (Å²) in [6, 6.07) is 11.4.